The molecule has 0 fully saturated rings. The van der Waals surface area contributed by atoms with E-state index in [9.17, 15) is 9.59 Å². The molecule has 3 aromatic carbocycles. The average Bonchev–Trinajstić information content (AvgIpc) is 3.56. The molecule has 0 bridgehead atoms. The maximum atomic E-state index is 13.3. The summed E-state index contributed by atoms with van der Waals surface area (Å²) in [5.74, 6) is 0.992. The van der Waals surface area contributed by atoms with E-state index in [4.69, 9.17) is 9.47 Å². The molecule has 1 unspecified atom stereocenters. The number of carbonyl (C=O) groups is 2. The van der Waals surface area contributed by atoms with E-state index in [1.54, 1.807) is 24.3 Å². The van der Waals surface area contributed by atoms with Crippen LogP contribution in [0.25, 0.3) is 0 Å². The van der Waals surface area contributed by atoms with Gasteiger partial charge in [0.25, 0.3) is 5.91 Å². The van der Waals surface area contributed by atoms with Crippen LogP contribution in [0.5, 0.6) is 11.5 Å². The Bertz CT molecular complexity index is 1290. The Kier molecular flexibility index (Phi) is 6.51. The average molecular weight is 489 g/mol. The van der Waals surface area contributed by atoms with Crippen LogP contribution in [0.1, 0.15) is 20.5 Å². The Hall–Kier alpha value is -3.75. The predicted octanol–water partition coefficient (Wildman–Crippen LogP) is 6.20. The molecule has 2 amide bonds. The van der Waals surface area contributed by atoms with Gasteiger partial charge in [-0.15, -0.1) is 23.1 Å². The van der Waals surface area contributed by atoms with E-state index < -0.39 is 5.25 Å². The van der Waals surface area contributed by atoms with E-state index in [1.807, 2.05) is 66.0 Å². The molecular formula is C26H20N2O4S2. The highest BCUT2D eigenvalue weighted by molar-refractivity contribution is 8.00. The second kappa shape index (κ2) is 10.0. The zero-order chi connectivity index (χ0) is 23.3. The lowest BCUT2D eigenvalue weighted by molar-refractivity contribution is -0.115. The highest BCUT2D eigenvalue weighted by Gasteiger charge is 2.23. The van der Waals surface area contributed by atoms with Gasteiger partial charge in [0.1, 0.15) is 5.25 Å². The zero-order valence-corrected chi connectivity index (χ0v) is 19.5. The molecular weight excluding hydrogens is 468 g/mol. The van der Waals surface area contributed by atoms with Crippen LogP contribution in [-0.2, 0) is 4.79 Å². The normalized spacial score (nSPS) is 12.7. The number of fused-ring (bicyclic) bond motifs is 1. The second-order valence-electron chi connectivity index (χ2n) is 7.42. The highest BCUT2D eigenvalue weighted by Crippen LogP contribution is 2.38. The van der Waals surface area contributed by atoms with Crippen LogP contribution in [0.15, 0.2) is 95.2 Å². The van der Waals surface area contributed by atoms with Gasteiger partial charge in [-0.3, -0.25) is 9.59 Å². The van der Waals surface area contributed by atoms with Crippen LogP contribution < -0.4 is 20.1 Å². The van der Waals surface area contributed by atoms with Crippen molar-refractivity contribution in [3.05, 3.63) is 101 Å². The molecule has 5 rings (SSSR count). The molecule has 1 aliphatic rings. The van der Waals surface area contributed by atoms with Crippen LogP contribution in [0, 0.1) is 0 Å². The van der Waals surface area contributed by atoms with Crippen LogP contribution >= 0.6 is 23.1 Å². The summed E-state index contributed by atoms with van der Waals surface area (Å²) in [6, 6.07) is 26.1. The quantitative estimate of drug-likeness (QED) is 0.303. The van der Waals surface area contributed by atoms with Crippen LogP contribution in [0.2, 0.25) is 0 Å². The molecule has 1 aliphatic heterocycles. The molecule has 1 atom stereocenters. The Morgan fingerprint density at radius 1 is 0.824 bits per heavy atom. The number of ether oxygens (including phenoxy) is 2. The summed E-state index contributed by atoms with van der Waals surface area (Å²) in [6.07, 6.45) is 0. The van der Waals surface area contributed by atoms with Crippen LogP contribution in [0.4, 0.5) is 11.4 Å². The monoisotopic (exact) mass is 488 g/mol. The third kappa shape index (κ3) is 5.08. The van der Waals surface area contributed by atoms with Gasteiger partial charge in [0.05, 0.1) is 4.88 Å². The third-order valence-corrected chi connectivity index (χ3v) is 7.23. The van der Waals surface area contributed by atoms with Gasteiger partial charge in [-0.25, -0.2) is 0 Å². The van der Waals surface area contributed by atoms with E-state index in [0.717, 1.165) is 10.5 Å². The first kappa shape index (κ1) is 22.1. The van der Waals surface area contributed by atoms with Crippen LogP contribution in [0.3, 0.4) is 0 Å². The summed E-state index contributed by atoms with van der Waals surface area (Å²) in [7, 11) is 0. The molecule has 0 radical (unpaired) electrons. The lowest BCUT2D eigenvalue weighted by Crippen LogP contribution is -2.19. The summed E-state index contributed by atoms with van der Waals surface area (Å²) in [5, 5.41) is 7.28. The lowest BCUT2D eigenvalue weighted by atomic mass is 10.1. The van der Waals surface area contributed by atoms with E-state index in [-0.39, 0.29) is 18.6 Å². The molecule has 6 nitrogen and oxygen atoms in total. The van der Waals surface area contributed by atoms with E-state index in [2.05, 4.69) is 10.6 Å². The van der Waals surface area contributed by atoms with E-state index >= 15 is 0 Å². The van der Waals surface area contributed by atoms with Crippen molar-refractivity contribution in [3.63, 3.8) is 0 Å². The number of nitrogens with one attached hydrogen (secondary N) is 2. The molecule has 2 N–H and O–H groups in total. The van der Waals surface area contributed by atoms with Crippen LogP contribution in [-0.4, -0.2) is 18.6 Å². The fourth-order valence-electron chi connectivity index (χ4n) is 3.44. The number of rotatable bonds is 7. The van der Waals surface area contributed by atoms with Crippen molar-refractivity contribution < 1.29 is 19.1 Å². The van der Waals surface area contributed by atoms with Crippen molar-refractivity contribution >= 4 is 46.3 Å². The van der Waals surface area contributed by atoms with Gasteiger partial charge < -0.3 is 20.1 Å². The van der Waals surface area contributed by atoms with Crippen molar-refractivity contribution in [2.75, 3.05) is 17.4 Å². The molecule has 1 aromatic heterocycles. The topological polar surface area (TPSA) is 76.7 Å². The standard InChI is InChI=1S/C26H20N2O4S2/c29-25(23-7-4-14-33-23)27-18-8-11-20(12-9-18)34-24(17-5-2-1-3-6-17)26(30)28-19-10-13-21-22(15-19)32-16-31-21/h1-15,24H,16H2,(H,27,29)(H,28,30). The van der Waals surface area contributed by atoms with E-state index in [0.29, 0.717) is 27.8 Å². The number of thiophene rings is 1. The van der Waals surface area contributed by atoms with Crippen molar-refractivity contribution in [3.8, 4) is 11.5 Å². The Morgan fingerprint density at radius 3 is 2.35 bits per heavy atom. The molecule has 170 valence electrons. The Balaban J connectivity index is 1.31. The summed E-state index contributed by atoms with van der Waals surface area (Å²) < 4.78 is 10.8. The summed E-state index contributed by atoms with van der Waals surface area (Å²) in [6.45, 7) is 0.180. The third-order valence-electron chi connectivity index (χ3n) is 5.09. The van der Waals surface area contributed by atoms with Gasteiger partial charge in [-0.1, -0.05) is 36.4 Å². The number of hydrogen-bond donors (Lipinski definition) is 2. The SMILES string of the molecule is O=C(Nc1ccc(SC(C(=O)Nc2ccc3c(c2)OCO3)c2ccccc2)cc1)c1cccs1. The highest BCUT2D eigenvalue weighted by atomic mass is 32.2. The maximum absolute atomic E-state index is 13.3. The molecule has 0 aliphatic carbocycles. The van der Waals surface area contributed by atoms with Crippen molar-refractivity contribution in [2.45, 2.75) is 10.1 Å². The molecule has 0 saturated carbocycles. The van der Waals surface area contributed by atoms with Crippen molar-refractivity contribution in [1.29, 1.82) is 0 Å². The predicted molar refractivity (Wildman–Crippen MR) is 135 cm³/mol. The molecule has 8 heteroatoms. The first-order chi connectivity index (χ1) is 16.7. The molecule has 0 spiro atoms. The second-order valence-corrected chi connectivity index (χ2v) is 9.55. The molecule has 2 heterocycles. The Morgan fingerprint density at radius 2 is 1.59 bits per heavy atom. The number of benzene rings is 3. The van der Waals surface area contributed by atoms with Gasteiger partial charge in [-0.2, -0.15) is 0 Å². The zero-order valence-electron chi connectivity index (χ0n) is 17.9. The minimum Gasteiger partial charge on any atom is -0.454 e. The minimum absolute atomic E-state index is 0.138. The summed E-state index contributed by atoms with van der Waals surface area (Å²) in [5.41, 5.74) is 2.23. The van der Waals surface area contributed by atoms with Crippen molar-refractivity contribution in [1.82, 2.24) is 0 Å². The maximum Gasteiger partial charge on any atom is 0.265 e. The molecule has 34 heavy (non-hydrogen) atoms. The fourth-order valence-corrected chi connectivity index (χ4v) is 5.08. The van der Waals surface area contributed by atoms with Gasteiger partial charge >= 0.3 is 0 Å². The smallest absolute Gasteiger partial charge is 0.265 e. The van der Waals surface area contributed by atoms with Gasteiger partial charge in [0.2, 0.25) is 12.7 Å². The number of amides is 2. The molecule has 0 saturated heterocycles. The lowest BCUT2D eigenvalue weighted by Gasteiger charge is -2.17. The van der Waals surface area contributed by atoms with Gasteiger partial charge in [0.15, 0.2) is 11.5 Å². The number of carbonyl (C=O) groups excluding carboxylic acids is 2. The van der Waals surface area contributed by atoms with Crippen molar-refractivity contribution in [2.24, 2.45) is 0 Å². The first-order valence-electron chi connectivity index (χ1n) is 10.5. The Labute approximate surface area is 204 Å². The first-order valence-corrected chi connectivity index (χ1v) is 12.3. The summed E-state index contributed by atoms with van der Waals surface area (Å²) in [4.78, 5) is 27.1. The summed E-state index contributed by atoms with van der Waals surface area (Å²) >= 11 is 2.84. The van der Waals surface area contributed by atoms with Gasteiger partial charge in [-0.05, 0) is 53.4 Å². The number of thioether (sulfide) groups is 1. The number of anilines is 2. The van der Waals surface area contributed by atoms with Gasteiger partial charge in [0, 0.05) is 22.3 Å². The largest absolute Gasteiger partial charge is 0.454 e. The minimum atomic E-state index is -0.474. The molecule has 4 aromatic rings. The number of hydrogen-bond acceptors (Lipinski definition) is 6. The van der Waals surface area contributed by atoms with E-state index in [1.165, 1.54) is 23.1 Å². The fraction of sp³-hybridized carbons (Fsp3) is 0.0769.